The maximum Gasteiger partial charge on any atom is 0.151 e. The SMILES string of the molecule is CSc1cc2c(C)ccc(C=O)c2s1. The van der Waals surface area contributed by atoms with E-state index in [0.29, 0.717) is 0 Å². The summed E-state index contributed by atoms with van der Waals surface area (Å²) in [5, 5.41) is 1.21. The molecule has 0 amide bonds. The summed E-state index contributed by atoms with van der Waals surface area (Å²) in [4.78, 5) is 10.8. The van der Waals surface area contributed by atoms with Gasteiger partial charge in [-0.2, -0.15) is 0 Å². The van der Waals surface area contributed by atoms with Gasteiger partial charge in [0, 0.05) is 10.3 Å². The van der Waals surface area contributed by atoms with Crippen LogP contribution in [0.15, 0.2) is 22.4 Å². The largest absolute Gasteiger partial charge is 0.298 e. The number of fused-ring (bicyclic) bond motifs is 1. The molecule has 0 aliphatic carbocycles. The third-order valence-electron chi connectivity index (χ3n) is 2.24. The quantitative estimate of drug-likeness (QED) is 0.568. The van der Waals surface area contributed by atoms with Crippen LogP contribution in [0.1, 0.15) is 15.9 Å². The minimum absolute atomic E-state index is 0.802. The van der Waals surface area contributed by atoms with Crippen molar-refractivity contribution in [3.8, 4) is 0 Å². The number of benzene rings is 1. The summed E-state index contributed by atoms with van der Waals surface area (Å²) in [5.74, 6) is 0. The maximum atomic E-state index is 10.8. The lowest BCUT2D eigenvalue weighted by atomic mass is 10.1. The molecule has 1 heterocycles. The van der Waals surface area contributed by atoms with E-state index in [4.69, 9.17) is 0 Å². The van der Waals surface area contributed by atoms with E-state index in [1.165, 1.54) is 15.2 Å². The highest BCUT2D eigenvalue weighted by Gasteiger charge is 2.07. The van der Waals surface area contributed by atoms with Crippen LogP contribution in [0.5, 0.6) is 0 Å². The lowest BCUT2D eigenvalue weighted by molar-refractivity contribution is 0.112. The van der Waals surface area contributed by atoms with Gasteiger partial charge in [0.25, 0.3) is 0 Å². The smallest absolute Gasteiger partial charge is 0.151 e. The zero-order valence-corrected chi connectivity index (χ0v) is 9.67. The molecule has 1 aromatic heterocycles. The molecule has 0 saturated heterocycles. The van der Waals surface area contributed by atoms with Gasteiger partial charge < -0.3 is 0 Å². The van der Waals surface area contributed by atoms with Crippen molar-refractivity contribution in [2.45, 2.75) is 11.1 Å². The predicted octanol–water partition coefficient (Wildman–Crippen LogP) is 3.74. The van der Waals surface area contributed by atoms with E-state index in [1.807, 2.05) is 12.1 Å². The Morgan fingerprint density at radius 2 is 2.21 bits per heavy atom. The molecule has 0 spiro atoms. The average molecular weight is 222 g/mol. The molecule has 3 heteroatoms. The summed E-state index contributed by atoms with van der Waals surface area (Å²) in [6.45, 7) is 2.08. The molecule has 1 nitrogen and oxygen atoms in total. The van der Waals surface area contributed by atoms with E-state index < -0.39 is 0 Å². The lowest BCUT2D eigenvalue weighted by Crippen LogP contribution is -1.80. The summed E-state index contributed by atoms with van der Waals surface area (Å²) >= 11 is 3.42. The number of hydrogen-bond donors (Lipinski definition) is 0. The van der Waals surface area contributed by atoms with E-state index in [1.54, 1.807) is 23.1 Å². The van der Waals surface area contributed by atoms with Gasteiger partial charge in [0.1, 0.15) is 0 Å². The Kier molecular flexibility index (Phi) is 2.61. The minimum atomic E-state index is 0.802. The highest BCUT2D eigenvalue weighted by molar-refractivity contribution is 8.00. The summed E-state index contributed by atoms with van der Waals surface area (Å²) < 4.78 is 2.38. The topological polar surface area (TPSA) is 17.1 Å². The zero-order chi connectivity index (χ0) is 10.1. The number of aldehydes is 1. The van der Waals surface area contributed by atoms with Gasteiger partial charge in [-0.3, -0.25) is 4.79 Å². The van der Waals surface area contributed by atoms with Gasteiger partial charge in [0.05, 0.1) is 4.21 Å². The molecule has 72 valence electrons. The first kappa shape index (κ1) is 9.74. The number of hydrogen-bond acceptors (Lipinski definition) is 3. The standard InChI is InChI=1S/C11H10OS2/c1-7-3-4-8(6-12)11-9(7)5-10(13-2)14-11/h3-6H,1-2H3. The van der Waals surface area contributed by atoms with Gasteiger partial charge in [-0.05, 0) is 36.3 Å². The number of aryl methyl sites for hydroxylation is 1. The van der Waals surface area contributed by atoms with Gasteiger partial charge in [-0.25, -0.2) is 0 Å². The summed E-state index contributed by atoms with van der Waals surface area (Å²) in [6.07, 6.45) is 2.99. The van der Waals surface area contributed by atoms with Gasteiger partial charge in [-0.1, -0.05) is 6.07 Å². The molecule has 0 bridgehead atoms. The molecule has 0 aliphatic heterocycles. The van der Waals surface area contributed by atoms with Crippen LogP contribution in [0, 0.1) is 6.92 Å². The fourth-order valence-electron chi connectivity index (χ4n) is 1.45. The van der Waals surface area contributed by atoms with Crippen LogP contribution in [0.2, 0.25) is 0 Å². The van der Waals surface area contributed by atoms with Crippen molar-refractivity contribution < 1.29 is 4.79 Å². The Labute approximate surface area is 91.1 Å². The van der Waals surface area contributed by atoms with E-state index in [2.05, 4.69) is 19.2 Å². The van der Waals surface area contributed by atoms with Crippen molar-refractivity contribution in [3.05, 3.63) is 29.3 Å². The van der Waals surface area contributed by atoms with E-state index >= 15 is 0 Å². The van der Waals surface area contributed by atoms with Gasteiger partial charge in [0.2, 0.25) is 0 Å². The van der Waals surface area contributed by atoms with Crippen LogP contribution in [0.3, 0.4) is 0 Å². The molecule has 0 aliphatic rings. The third kappa shape index (κ3) is 1.47. The molecule has 0 N–H and O–H groups in total. The molecule has 0 saturated carbocycles. The Morgan fingerprint density at radius 3 is 2.86 bits per heavy atom. The van der Waals surface area contributed by atoms with Gasteiger partial charge in [0.15, 0.2) is 6.29 Å². The number of carbonyl (C=O) groups is 1. The molecule has 14 heavy (non-hydrogen) atoms. The molecular formula is C11H10OS2. The zero-order valence-electron chi connectivity index (χ0n) is 8.03. The van der Waals surface area contributed by atoms with E-state index in [-0.39, 0.29) is 0 Å². The van der Waals surface area contributed by atoms with Crippen molar-refractivity contribution in [1.82, 2.24) is 0 Å². The molecule has 2 rings (SSSR count). The fourth-order valence-corrected chi connectivity index (χ4v) is 3.21. The second kappa shape index (κ2) is 3.75. The first-order chi connectivity index (χ1) is 6.76. The Bertz CT molecular complexity index is 485. The van der Waals surface area contributed by atoms with Crippen LogP contribution < -0.4 is 0 Å². The van der Waals surface area contributed by atoms with Crippen molar-refractivity contribution in [3.63, 3.8) is 0 Å². The lowest BCUT2D eigenvalue weighted by Gasteiger charge is -1.96. The fraction of sp³-hybridized carbons (Fsp3) is 0.182. The first-order valence-corrected chi connectivity index (χ1v) is 6.32. The highest BCUT2D eigenvalue weighted by atomic mass is 32.2. The molecule has 0 radical (unpaired) electrons. The van der Waals surface area contributed by atoms with Crippen molar-refractivity contribution >= 4 is 39.5 Å². The first-order valence-electron chi connectivity index (χ1n) is 4.28. The second-order valence-electron chi connectivity index (χ2n) is 3.10. The minimum Gasteiger partial charge on any atom is -0.298 e. The van der Waals surface area contributed by atoms with E-state index in [0.717, 1.165) is 16.5 Å². The molecular weight excluding hydrogens is 212 g/mol. The number of thiophene rings is 1. The maximum absolute atomic E-state index is 10.8. The number of thioether (sulfide) groups is 1. The van der Waals surface area contributed by atoms with Crippen LogP contribution in [0.25, 0.3) is 10.1 Å². The van der Waals surface area contributed by atoms with Crippen LogP contribution in [-0.4, -0.2) is 12.5 Å². The predicted molar refractivity (Wildman–Crippen MR) is 63.7 cm³/mol. The molecule has 0 unspecified atom stereocenters. The van der Waals surface area contributed by atoms with Crippen molar-refractivity contribution in [2.24, 2.45) is 0 Å². The molecule has 2 aromatic rings. The molecule has 0 fully saturated rings. The van der Waals surface area contributed by atoms with Crippen LogP contribution in [0.4, 0.5) is 0 Å². The molecule has 0 atom stereocenters. The van der Waals surface area contributed by atoms with Crippen LogP contribution >= 0.6 is 23.1 Å². The monoisotopic (exact) mass is 222 g/mol. The normalized spacial score (nSPS) is 10.7. The Morgan fingerprint density at radius 1 is 1.43 bits per heavy atom. The Balaban J connectivity index is 2.81. The number of rotatable bonds is 2. The molecule has 1 aromatic carbocycles. The second-order valence-corrected chi connectivity index (χ2v) is 5.26. The van der Waals surface area contributed by atoms with Crippen molar-refractivity contribution in [1.29, 1.82) is 0 Å². The summed E-state index contributed by atoms with van der Waals surface area (Å²) in [7, 11) is 0. The van der Waals surface area contributed by atoms with Crippen molar-refractivity contribution in [2.75, 3.05) is 6.26 Å². The highest BCUT2D eigenvalue weighted by Crippen LogP contribution is 2.35. The number of carbonyl (C=O) groups excluding carboxylic acids is 1. The van der Waals surface area contributed by atoms with E-state index in [9.17, 15) is 4.79 Å². The van der Waals surface area contributed by atoms with Crippen LogP contribution in [-0.2, 0) is 0 Å². The summed E-state index contributed by atoms with van der Waals surface area (Å²) in [6, 6.07) is 6.06. The van der Waals surface area contributed by atoms with Gasteiger partial charge in [-0.15, -0.1) is 23.1 Å². The Hall–Kier alpha value is -0.800. The van der Waals surface area contributed by atoms with Gasteiger partial charge >= 0.3 is 0 Å². The third-order valence-corrected chi connectivity index (χ3v) is 4.49. The average Bonchev–Trinajstić information content (AvgIpc) is 2.63. The summed E-state index contributed by atoms with van der Waals surface area (Å²) in [5.41, 5.74) is 2.04.